The summed E-state index contributed by atoms with van der Waals surface area (Å²) in [7, 11) is 0. The fraction of sp³-hybridized carbons (Fsp3) is 0.450. The molecule has 0 aromatic carbocycles. The zero-order valence-corrected chi connectivity index (χ0v) is 15.6. The number of halogens is 1. The standard InChI is InChI=1S/C20H21FN4O3/c1-13(19-16(21)11-17-20(24-19)27-10-9-26-17)25-7-5-15(6-8-25)28-18-4-3-14(22-2)12-23-18/h3-4,11-13,15H,5-10H2,1H3. The number of rotatable bonds is 4. The van der Waals surface area contributed by atoms with E-state index in [1.165, 1.54) is 12.3 Å². The van der Waals surface area contributed by atoms with Crippen LogP contribution in [0.1, 0.15) is 31.5 Å². The van der Waals surface area contributed by atoms with Gasteiger partial charge in [0, 0.05) is 25.4 Å². The number of piperidine rings is 1. The molecule has 0 bridgehead atoms. The quantitative estimate of drug-likeness (QED) is 0.752. The first-order valence-corrected chi connectivity index (χ1v) is 9.34. The fourth-order valence-electron chi connectivity index (χ4n) is 3.49. The van der Waals surface area contributed by atoms with E-state index in [2.05, 4.69) is 19.7 Å². The highest BCUT2D eigenvalue weighted by Crippen LogP contribution is 2.34. The maximum atomic E-state index is 14.5. The van der Waals surface area contributed by atoms with Gasteiger partial charge in [0.05, 0.1) is 18.3 Å². The zero-order valence-electron chi connectivity index (χ0n) is 15.6. The van der Waals surface area contributed by atoms with E-state index in [4.69, 9.17) is 20.8 Å². The average molecular weight is 384 g/mol. The zero-order chi connectivity index (χ0) is 19.5. The van der Waals surface area contributed by atoms with Gasteiger partial charge in [-0.25, -0.2) is 19.2 Å². The SMILES string of the molecule is [C-]#[N+]c1ccc(OC2CCN(C(C)c3nc4c(cc3F)OCCO4)CC2)nc1. The lowest BCUT2D eigenvalue weighted by molar-refractivity contribution is 0.0741. The molecule has 8 heteroatoms. The molecule has 0 amide bonds. The van der Waals surface area contributed by atoms with E-state index in [0.29, 0.717) is 42.1 Å². The van der Waals surface area contributed by atoms with Crippen molar-refractivity contribution < 1.29 is 18.6 Å². The minimum atomic E-state index is -0.376. The van der Waals surface area contributed by atoms with Gasteiger partial charge in [-0.05, 0) is 31.9 Å². The van der Waals surface area contributed by atoms with Crippen LogP contribution in [0.4, 0.5) is 10.1 Å². The molecule has 0 aliphatic carbocycles. The molecule has 0 radical (unpaired) electrons. The number of fused-ring (bicyclic) bond motifs is 1. The molecule has 2 aromatic rings. The molecule has 7 nitrogen and oxygen atoms in total. The van der Waals surface area contributed by atoms with Crippen molar-refractivity contribution in [3.63, 3.8) is 0 Å². The second kappa shape index (κ2) is 7.98. The van der Waals surface area contributed by atoms with Crippen molar-refractivity contribution in [1.29, 1.82) is 0 Å². The number of hydrogen-bond acceptors (Lipinski definition) is 6. The van der Waals surface area contributed by atoms with Crippen molar-refractivity contribution in [3.05, 3.63) is 47.3 Å². The van der Waals surface area contributed by atoms with Crippen LogP contribution in [-0.2, 0) is 0 Å². The van der Waals surface area contributed by atoms with E-state index in [0.717, 1.165) is 25.9 Å². The topological polar surface area (TPSA) is 61.1 Å². The number of pyridine rings is 2. The Balaban J connectivity index is 1.37. The Bertz CT molecular complexity index is 876. The van der Waals surface area contributed by atoms with E-state index < -0.39 is 0 Å². The number of nitrogens with zero attached hydrogens (tertiary/aromatic N) is 4. The molecule has 1 fully saturated rings. The van der Waals surface area contributed by atoms with Crippen LogP contribution < -0.4 is 14.2 Å². The molecule has 2 aliphatic rings. The molecular formula is C20H21FN4O3. The molecular weight excluding hydrogens is 363 g/mol. The van der Waals surface area contributed by atoms with Crippen LogP contribution in [0, 0.1) is 12.4 Å². The second-order valence-corrected chi connectivity index (χ2v) is 6.85. The van der Waals surface area contributed by atoms with Crippen molar-refractivity contribution in [2.75, 3.05) is 26.3 Å². The van der Waals surface area contributed by atoms with Crippen LogP contribution in [0.25, 0.3) is 4.85 Å². The lowest BCUT2D eigenvalue weighted by Crippen LogP contribution is -2.40. The highest BCUT2D eigenvalue weighted by atomic mass is 19.1. The molecule has 1 unspecified atom stereocenters. The Kier molecular flexibility index (Phi) is 5.26. The predicted octanol–water partition coefficient (Wildman–Crippen LogP) is 3.54. The van der Waals surface area contributed by atoms with Crippen LogP contribution >= 0.6 is 0 Å². The third-order valence-electron chi connectivity index (χ3n) is 5.07. The Morgan fingerprint density at radius 1 is 1.29 bits per heavy atom. The molecule has 0 saturated carbocycles. The average Bonchev–Trinajstić information content (AvgIpc) is 2.74. The number of aromatic nitrogens is 2. The number of likely N-dealkylation sites (tertiary alicyclic amines) is 1. The van der Waals surface area contributed by atoms with E-state index in [9.17, 15) is 4.39 Å². The summed E-state index contributed by atoms with van der Waals surface area (Å²) in [6, 6.07) is 4.61. The largest absolute Gasteiger partial charge is 0.484 e. The van der Waals surface area contributed by atoms with E-state index in [-0.39, 0.29) is 18.0 Å². The maximum absolute atomic E-state index is 14.5. The van der Waals surface area contributed by atoms with Crippen LogP contribution in [0.3, 0.4) is 0 Å². The molecule has 146 valence electrons. The van der Waals surface area contributed by atoms with Gasteiger partial charge < -0.3 is 14.2 Å². The molecule has 2 aliphatic heterocycles. The minimum Gasteiger partial charge on any atom is -0.484 e. The Morgan fingerprint density at radius 2 is 2.07 bits per heavy atom. The summed E-state index contributed by atoms with van der Waals surface area (Å²) in [5.41, 5.74) is 0.866. The van der Waals surface area contributed by atoms with E-state index in [1.54, 1.807) is 12.1 Å². The Labute approximate surface area is 162 Å². The van der Waals surface area contributed by atoms with Gasteiger partial charge in [0.25, 0.3) is 5.88 Å². The highest BCUT2D eigenvalue weighted by molar-refractivity contribution is 5.42. The van der Waals surface area contributed by atoms with Gasteiger partial charge in [-0.15, -0.1) is 0 Å². The third-order valence-corrected chi connectivity index (χ3v) is 5.07. The number of hydrogen-bond donors (Lipinski definition) is 0. The third kappa shape index (κ3) is 3.85. The summed E-state index contributed by atoms with van der Waals surface area (Å²) in [4.78, 5) is 14.0. The molecule has 1 saturated heterocycles. The molecule has 4 heterocycles. The van der Waals surface area contributed by atoms with Crippen molar-refractivity contribution >= 4 is 5.69 Å². The maximum Gasteiger partial charge on any atom is 0.257 e. The molecule has 28 heavy (non-hydrogen) atoms. The first-order valence-electron chi connectivity index (χ1n) is 9.34. The lowest BCUT2D eigenvalue weighted by atomic mass is 10.0. The highest BCUT2D eigenvalue weighted by Gasteiger charge is 2.29. The van der Waals surface area contributed by atoms with Gasteiger partial charge in [0.2, 0.25) is 11.6 Å². The Morgan fingerprint density at radius 3 is 2.79 bits per heavy atom. The predicted molar refractivity (Wildman–Crippen MR) is 99.3 cm³/mol. The summed E-state index contributed by atoms with van der Waals surface area (Å²) in [6.07, 6.45) is 3.18. The van der Waals surface area contributed by atoms with E-state index in [1.807, 2.05) is 6.92 Å². The van der Waals surface area contributed by atoms with Gasteiger partial charge in [0.15, 0.2) is 5.75 Å². The van der Waals surface area contributed by atoms with Gasteiger partial charge >= 0.3 is 0 Å². The van der Waals surface area contributed by atoms with Crippen molar-refractivity contribution in [1.82, 2.24) is 14.9 Å². The van der Waals surface area contributed by atoms with Crippen LogP contribution in [0.2, 0.25) is 0 Å². The smallest absolute Gasteiger partial charge is 0.257 e. The summed E-state index contributed by atoms with van der Waals surface area (Å²) in [6.45, 7) is 11.3. The second-order valence-electron chi connectivity index (χ2n) is 6.85. The molecule has 2 aromatic heterocycles. The van der Waals surface area contributed by atoms with Crippen molar-refractivity contribution in [2.45, 2.75) is 31.9 Å². The molecule has 0 spiro atoms. The molecule has 4 rings (SSSR count). The van der Waals surface area contributed by atoms with E-state index >= 15 is 0 Å². The van der Waals surface area contributed by atoms with Crippen molar-refractivity contribution in [2.24, 2.45) is 0 Å². The number of ether oxygens (including phenoxy) is 3. The first kappa shape index (κ1) is 18.4. The summed E-state index contributed by atoms with van der Waals surface area (Å²) in [5.74, 6) is 0.878. The molecule has 0 N–H and O–H groups in total. The van der Waals surface area contributed by atoms with Gasteiger partial charge in [-0.2, -0.15) is 0 Å². The van der Waals surface area contributed by atoms with Gasteiger partial charge in [0.1, 0.15) is 25.1 Å². The van der Waals surface area contributed by atoms with Crippen LogP contribution in [-0.4, -0.2) is 47.3 Å². The fourth-order valence-corrected chi connectivity index (χ4v) is 3.49. The van der Waals surface area contributed by atoms with Crippen molar-refractivity contribution in [3.8, 4) is 17.5 Å². The van der Waals surface area contributed by atoms with Gasteiger partial charge in [-0.3, -0.25) is 4.90 Å². The lowest BCUT2D eigenvalue weighted by Gasteiger charge is -2.35. The van der Waals surface area contributed by atoms with Crippen LogP contribution in [0.5, 0.6) is 17.5 Å². The monoisotopic (exact) mass is 384 g/mol. The molecule has 1 atom stereocenters. The van der Waals surface area contributed by atoms with Crippen LogP contribution in [0.15, 0.2) is 24.4 Å². The minimum absolute atomic E-state index is 0.0489. The summed E-state index contributed by atoms with van der Waals surface area (Å²) in [5, 5.41) is 0. The normalized spacial score (nSPS) is 18.3. The Hall–Kier alpha value is -2.92. The first-order chi connectivity index (χ1) is 13.6. The summed E-state index contributed by atoms with van der Waals surface area (Å²) < 4.78 is 31.3. The van der Waals surface area contributed by atoms with Gasteiger partial charge in [-0.1, -0.05) is 0 Å². The summed E-state index contributed by atoms with van der Waals surface area (Å²) >= 11 is 0.